The normalized spacial score (nSPS) is 15.1. The Morgan fingerprint density at radius 2 is 1.87 bits per heavy atom. The highest BCUT2D eigenvalue weighted by Gasteiger charge is 2.32. The van der Waals surface area contributed by atoms with Gasteiger partial charge in [0.25, 0.3) is 0 Å². The SMILES string of the molecule is CC(=O)NCC1CN(c2ccc(-c3ccc(CN(CCCF)OCc4ccccc4)cc3)c(F)c2)C(=O)O1. The lowest BCUT2D eigenvalue weighted by atomic mass is 10.0. The molecule has 1 N–H and O–H groups in total. The molecule has 1 saturated heterocycles. The number of rotatable bonds is 12. The number of carbonyl (C=O) groups excluding carboxylic acids is 2. The maximum atomic E-state index is 15.1. The summed E-state index contributed by atoms with van der Waals surface area (Å²) in [7, 11) is 0. The molecule has 0 aromatic heterocycles. The van der Waals surface area contributed by atoms with E-state index in [4.69, 9.17) is 9.57 Å². The number of cyclic esters (lactones) is 1. The average Bonchev–Trinajstić information content (AvgIpc) is 3.30. The lowest BCUT2D eigenvalue weighted by molar-refractivity contribution is -0.177. The minimum atomic E-state index is -0.580. The number of benzene rings is 3. The van der Waals surface area contributed by atoms with Crippen molar-refractivity contribution < 1.29 is 27.9 Å². The second-order valence-electron chi connectivity index (χ2n) is 9.08. The van der Waals surface area contributed by atoms with Crippen molar-refractivity contribution in [2.24, 2.45) is 0 Å². The van der Waals surface area contributed by atoms with Gasteiger partial charge in [0.05, 0.1) is 32.1 Å². The molecular weight excluding hydrogens is 492 g/mol. The Kier molecular flexibility index (Phi) is 9.40. The van der Waals surface area contributed by atoms with Gasteiger partial charge in [0, 0.05) is 25.6 Å². The largest absolute Gasteiger partial charge is 0.442 e. The van der Waals surface area contributed by atoms with E-state index in [2.05, 4.69) is 5.32 Å². The standard InChI is InChI=1S/C29H31F2N3O4/c1-21(35)32-17-26-19-34(29(36)38-26)25-12-13-27(28(31)16-25)24-10-8-22(9-11-24)18-33(15-5-14-30)37-20-23-6-3-2-4-7-23/h2-4,6-13,16,26H,5,14-15,17-20H2,1H3,(H,32,35). The minimum absolute atomic E-state index is 0.201. The van der Waals surface area contributed by atoms with Gasteiger partial charge in [-0.3, -0.25) is 18.9 Å². The van der Waals surface area contributed by atoms with Crippen LogP contribution in [-0.2, 0) is 27.5 Å². The van der Waals surface area contributed by atoms with Gasteiger partial charge in [-0.25, -0.2) is 9.18 Å². The summed E-state index contributed by atoms with van der Waals surface area (Å²) in [5.74, 6) is -0.683. The molecule has 0 bridgehead atoms. The van der Waals surface area contributed by atoms with Gasteiger partial charge >= 0.3 is 6.09 Å². The maximum absolute atomic E-state index is 15.1. The second kappa shape index (κ2) is 13.1. The molecule has 3 aromatic carbocycles. The molecule has 4 rings (SSSR count). The van der Waals surface area contributed by atoms with E-state index in [0.717, 1.165) is 11.1 Å². The highest BCUT2D eigenvalue weighted by atomic mass is 19.1. The fourth-order valence-electron chi connectivity index (χ4n) is 4.16. The van der Waals surface area contributed by atoms with Crippen molar-refractivity contribution in [3.05, 3.63) is 89.7 Å². The number of nitrogens with zero attached hydrogens (tertiary/aromatic N) is 2. The molecule has 0 spiro atoms. The zero-order valence-electron chi connectivity index (χ0n) is 21.2. The van der Waals surface area contributed by atoms with Crippen molar-refractivity contribution in [2.75, 3.05) is 31.2 Å². The van der Waals surface area contributed by atoms with E-state index in [1.54, 1.807) is 17.2 Å². The minimum Gasteiger partial charge on any atom is -0.442 e. The van der Waals surface area contributed by atoms with Gasteiger partial charge in [-0.05, 0) is 41.3 Å². The summed E-state index contributed by atoms with van der Waals surface area (Å²) in [4.78, 5) is 30.6. The van der Waals surface area contributed by atoms with Gasteiger partial charge in [0.2, 0.25) is 5.91 Å². The Balaban J connectivity index is 1.39. The Morgan fingerprint density at radius 1 is 1.11 bits per heavy atom. The third-order valence-corrected chi connectivity index (χ3v) is 6.14. The maximum Gasteiger partial charge on any atom is 0.414 e. The van der Waals surface area contributed by atoms with Gasteiger partial charge in [-0.2, -0.15) is 5.06 Å². The van der Waals surface area contributed by atoms with Crippen molar-refractivity contribution in [3.63, 3.8) is 0 Å². The van der Waals surface area contributed by atoms with Crippen molar-refractivity contribution in [1.29, 1.82) is 0 Å². The number of carbonyl (C=O) groups is 2. The molecule has 200 valence electrons. The molecule has 1 atom stereocenters. The molecule has 0 saturated carbocycles. The lowest BCUT2D eigenvalue weighted by Gasteiger charge is -2.22. The van der Waals surface area contributed by atoms with Crippen LogP contribution < -0.4 is 10.2 Å². The number of hydrogen-bond donors (Lipinski definition) is 1. The number of hydrogen-bond acceptors (Lipinski definition) is 5. The van der Waals surface area contributed by atoms with Gasteiger partial charge in [-0.1, -0.05) is 54.6 Å². The molecule has 0 radical (unpaired) electrons. The Bertz CT molecular complexity index is 1220. The molecule has 1 heterocycles. The first-order valence-electron chi connectivity index (χ1n) is 12.5. The van der Waals surface area contributed by atoms with Gasteiger partial charge < -0.3 is 10.1 Å². The topological polar surface area (TPSA) is 71.1 Å². The average molecular weight is 524 g/mol. The number of hydroxylamine groups is 2. The molecule has 0 aliphatic carbocycles. The van der Waals surface area contributed by atoms with Crippen LogP contribution in [0.3, 0.4) is 0 Å². The van der Waals surface area contributed by atoms with Crippen LogP contribution in [0.4, 0.5) is 19.3 Å². The van der Waals surface area contributed by atoms with Crippen LogP contribution >= 0.6 is 0 Å². The zero-order chi connectivity index (χ0) is 26.9. The molecule has 1 aliphatic rings. The molecule has 9 heteroatoms. The fourth-order valence-corrected chi connectivity index (χ4v) is 4.16. The van der Waals surface area contributed by atoms with Crippen molar-refractivity contribution in [2.45, 2.75) is 32.6 Å². The van der Waals surface area contributed by atoms with Crippen LogP contribution in [0.1, 0.15) is 24.5 Å². The molecular formula is C29H31F2N3O4. The predicted octanol–water partition coefficient (Wildman–Crippen LogP) is 5.25. The molecule has 2 amide bonds. The van der Waals surface area contributed by atoms with Crippen molar-refractivity contribution >= 4 is 17.7 Å². The third kappa shape index (κ3) is 7.36. The molecule has 7 nitrogen and oxygen atoms in total. The van der Waals surface area contributed by atoms with E-state index in [-0.39, 0.29) is 19.0 Å². The van der Waals surface area contributed by atoms with Crippen molar-refractivity contribution in [3.8, 4) is 11.1 Å². The summed E-state index contributed by atoms with van der Waals surface area (Å²) in [5, 5.41) is 4.36. The second-order valence-corrected chi connectivity index (χ2v) is 9.08. The van der Waals surface area contributed by atoms with Crippen molar-refractivity contribution in [1.82, 2.24) is 10.4 Å². The summed E-state index contributed by atoms with van der Waals surface area (Å²) in [6.07, 6.45) is -0.713. The number of alkyl halides is 1. The van der Waals surface area contributed by atoms with Gasteiger partial charge in [-0.15, -0.1) is 0 Å². The van der Waals surface area contributed by atoms with E-state index in [1.165, 1.54) is 17.9 Å². The van der Waals surface area contributed by atoms with Crippen LogP contribution in [0.15, 0.2) is 72.8 Å². The quantitative estimate of drug-likeness (QED) is 0.329. The smallest absolute Gasteiger partial charge is 0.414 e. The molecule has 38 heavy (non-hydrogen) atoms. The predicted molar refractivity (Wildman–Crippen MR) is 140 cm³/mol. The molecule has 1 fully saturated rings. The number of anilines is 1. The first-order chi connectivity index (χ1) is 18.4. The Morgan fingerprint density at radius 3 is 2.55 bits per heavy atom. The first-order valence-corrected chi connectivity index (χ1v) is 12.5. The Hall–Kier alpha value is -3.82. The van der Waals surface area contributed by atoms with Crippen LogP contribution in [-0.4, -0.2) is 49.5 Å². The highest BCUT2D eigenvalue weighted by Crippen LogP contribution is 2.29. The van der Waals surface area contributed by atoms with Crippen LogP contribution in [0.5, 0.6) is 0 Å². The number of nitrogens with one attached hydrogen (secondary N) is 1. The first kappa shape index (κ1) is 27.2. The Labute approximate surface area is 220 Å². The van der Waals surface area contributed by atoms with E-state index in [1.807, 2.05) is 54.6 Å². The summed E-state index contributed by atoms with van der Waals surface area (Å²) >= 11 is 0. The van der Waals surface area contributed by atoms with Crippen LogP contribution in [0, 0.1) is 5.82 Å². The van der Waals surface area contributed by atoms with Gasteiger partial charge in [0.1, 0.15) is 11.9 Å². The van der Waals surface area contributed by atoms with E-state index < -0.39 is 24.7 Å². The summed E-state index contributed by atoms with van der Waals surface area (Å²) in [5.41, 5.74) is 3.44. The van der Waals surface area contributed by atoms with E-state index in [9.17, 15) is 14.0 Å². The van der Waals surface area contributed by atoms with E-state index >= 15 is 4.39 Å². The number of halogens is 2. The summed E-state index contributed by atoms with van der Waals surface area (Å²) in [6.45, 7) is 2.69. The van der Waals surface area contributed by atoms with Crippen LogP contribution in [0.2, 0.25) is 0 Å². The third-order valence-electron chi connectivity index (χ3n) is 6.14. The van der Waals surface area contributed by atoms with Crippen LogP contribution in [0.25, 0.3) is 11.1 Å². The number of amides is 2. The molecule has 1 unspecified atom stereocenters. The highest BCUT2D eigenvalue weighted by molar-refractivity contribution is 5.90. The molecule has 3 aromatic rings. The number of ether oxygens (including phenoxy) is 1. The zero-order valence-corrected chi connectivity index (χ0v) is 21.2. The van der Waals surface area contributed by atoms with Gasteiger partial charge in [0.15, 0.2) is 0 Å². The summed E-state index contributed by atoms with van der Waals surface area (Å²) in [6, 6.07) is 21.8. The fraction of sp³-hybridized carbons (Fsp3) is 0.310. The van der Waals surface area contributed by atoms with E-state index in [0.29, 0.717) is 42.9 Å². The lowest BCUT2D eigenvalue weighted by Crippen LogP contribution is -2.33. The monoisotopic (exact) mass is 523 g/mol. The summed E-state index contributed by atoms with van der Waals surface area (Å²) < 4.78 is 33.1. The molecule has 1 aliphatic heterocycles.